The number of carbonyl (C=O) groups is 2. The van der Waals surface area contributed by atoms with Crippen LogP contribution in [0.5, 0.6) is 0 Å². The van der Waals surface area contributed by atoms with Crippen LogP contribution in [-0.2, 0) is 21.3 Å². The van der Waals surface area contributed by atoms with Gasteiger partial charge in [-0.05, 0) is 50.2 Å². The first-order valence-corrected chi connectivity index (χ1v) is 11.7. The largest absolute Gasteiger partial charge is 0.454 e. The average Bonchev–Trinajstić information content (AvgIpc) is 3.11. The van der Waals surface area contributed by atoms with E-state index in [2.05, 4.69) is 6.58 Å². The Bertz CT molecular complexity index is 1290. The van der Waals surface area contributed by atoms with Crippen molar-refractivity contribution in [1.82, 2.24) is 4.57 Å². The Labute approximate surface area is 194 Å². The number of carbonyl (C=O) groups excluding carboxylic acids is 2. The molecule has 172 valence electrons. The van der Waals surface area contributed by atoms with Gasteiger partial charge in [0.25, 0.3) is 10.0 Å². The third kappa shape index (κ3) is 5.06. The molecule has 0 bridgehead atoms. The number of rotatable bonds is 9. The first kappa shape index (κ1) is 24.0. The molecule has 33 heavy (non-hydrogen) atoms. The fraction of sp³-hybridized carbons (Fsp3) is 0.200. The van der Waals surface area contributed by atoms with Crippen LogP contribution < -0.4 is 4.31 Å². The molecule has 0 aliphatic rings. The number of Topliss-reactive ketones (excluding diaryl/α,β-unsaturated/α-hetero) is 1. The molecule has 1 aromatic heterocycles. The van der Waals surface area contributed by atoms with E-state index >= 15 is 0 Å². The van der Waals surface area contributed by atoms with Crippen molar-refractivity contribution >= 4 is 27.5 Å². The normalized spacial score (nSPS) is 11.1. The maximum Gasteiger partial charge on any atom is 0.338 e. The number of aryl methyl sites for hydroxylation is 1. The van der Waals surface area contributed by atoms with Gasteiger partial charge in [-0.2, -0.15) is 0 Å². The molecule has 1 heterocycles. The number of esters is 1. The number of anilines is 1. The quantitative estimate of drug-likeness (QED) is 0.269. The monoisotopic (exact) mass is 466 g/mol. The highest BCUT2D eigenvalue weighted by atomic mass is 32.2. The fourth-order valence-electron chi connectivity index (χ4n) is 3.50. The molecular weight excluding hydrogens is 440 g/mol. The van der Waals surface area contributed by atoms with Crippen LogP contribution in [0.25, 0.3) is 0 Å². The highest BCUT2D eigenvalue weighted by Gasteiger charge is 2.23. The Balaban J connectivity index is 1.74. The van der Waals surface area contributed by atoms with Crippen LogP contribution in [0.15, 0.2) is 78.2 Å². The number of nitrogens with zero attached hydrogens (tertiary/aromatic N) is 2. The molecule has 3 aromatic rings. The van der Waals surface area contributed by atoms with Crippen LogP contribution in [0, 0.1) is 13.8 Å². The molecule has 0 atom stereocenters. The second-order valence-corrected chi connectivity index (χ2v) is 9.49. The molecule has 0 unspecified atom stereocenters. The van der Waals surface area contributed by atoms with Crippen molar-refractivity contribution in [1.29, 1.82) is 0 Å². The van der Waals surface area contributed by atoms with E-state index in [1.807, 2.05) is 18.4 Å². The molecule has 0 aliphatic heterocycles. The number of aromatic nitrogens is 1. The van der Waals surface area contributed by atoms with E-state index in [-0.39, 0.29) is 16.2 Å². The summed E-state index contributed by atoms with van der Waals surface area (Å²) in [5, 5.41) is 0. The lowest BCUT2D eigenvalue weighted by atomic mass is 10.1. The number of hydrogen-bond acceptors (Lipinski definition) is 5. The molecule has 7 nitrogen and oxygen atoms in total. The number of sulfonamides is 1. The first-order chi connectivity index (χ1) is 15.7. The number of ether oxygens (including phenoxy) is 1. The summed E-state index contributed by atoms with van der Waals surface area (Å²) in [4.78, 5) is 25.1. The molecule has 0 saturated heterocycles. The molecule has 0 N–H and O–H groups in total. The van der Waals surface area contributed by atoms with Crippen molar-refractivity contribution in [3.63, 3.8) is 0 Å². The summed E-state index contributed by atoms with van der Waals surface area (Å²) in [5.74, 6) is -1.11. The first-order valence-electron chi connectivity index (χ1n) is 10.3. The van der Waals surface area contributed by atoms with Gasteiger partial charge in [-0.25, -0.2) is 13.2 Å². The Morgan fingerprint density at radius 3 is 2.42 bits per heavy atom. The third-order valence-electron chi connectivity index (χ3n) is 5.37. The summed E-state index contributed by atoms with van der Waals surface area (Å²) in [5.41, 5.74) is 2.68. The lowest BCUT2D eigenvalue weighted by Gasteiger charge is -2.19. The molecule has 0 spiro atoms. The summed E-state index contributed by atoms with van der Waals surface area (Å²) >= 11 is 0. The molecule has 2 aromatic carbocycles. The minimum Gasteiger partial charge on any atom is -0.454 e. The fourth-order valence-corrected chi connectivity index (χ4v) is 4.75. The van der Waals surface area contributed by atoms with E-state index < -0.39 is 22.6 Å². The number of benzene rings is 2. The Morgan fingerprint density at radius 1 is 1.06 bits per heavy atom. The van der Waals surface area contributed by atoms with Gasteiger partial charge in [0.2, 0.25) is 5.78 Å². The molecular formula is C25H26N2O5S. The zero-order valence-corrected chi connectivity index (χ0v) is 19.6. The number of para-hydroxylation sites is 1. The van der Waals surface area contributed by atoms with Gasteiger partial charge in [0.05, 0.1) is 16.1 Å². The SMILES string of the molecule is C=CCn1c(C)cc(C(=O)COC(=O)c2cccc(S(=O)(=O)N(C)c3ccccc3)c2)c1C. The third-order valence-corrected chi connectivity index (χ3v) is 7.15. The topological polar surface area (TPSA) is 85.7 Å². The van der Waals surface area contributed by atoms with Crippen molar-refractivity contribution in [3.8, 4) is 0 Å². The minimum atomic E-state index is -3.89. The maximum absolute atomic E-state index is 13.0. The van der Waals surface area contributed by atoms with Gasteiger partial charge in [-0.3, -0.25) is 9.10 Å². The van der Waals surface area contributed by atoms with Crippen molar-refractivity contribution in [2.75, 3.05) is 18.0 Å². The van der Waals surface area contributed by atoms with Gasteiger partial charge in [0.1, 0.15) is 0 Å². The van der Waals surface area contributed by atoms with Crippen LogP contribution in [0.3, 0.4) is 0 Å². The van der Waals surface area contributed by atoms with E-state index in [0.29, 0.717) is 17.8 Å². The highest BCUT2D eigenvalue weighted by Crippen LogP contribution is 2.23. The Kier molecular flexibility index (Phi) is 7.18. The summed E-state index contributed by atoms with van der Waals surface area (Å²) in [7, 11) is -2.45. The Hall–Kier alpha value is -3.65. The second-order valence-electron chi connectivity index (χ2n) is 7.52. The van der Waals surface area contributed by atoms with Crippen LogP contribution in [0.4, 0.5) is 5.69 Å². The standard InChI is InChI=1S/C25H26N2O5S/c1-5-14-27-18(2)15-23(19(27)3)24(28)17-32-25(29)20-10-9-13-22(16-20)33(30,31)26(4)21-11-7-6-8-12-21/h5-13,15-16H,1,14,17H2,2-4H3. The average molecular weight is 467 g/mol. The number of ketones is 1. The van der Waals surface area contributed by atoms with Crippen LogP contribution in [0.1, 0.15) is 32.1 Å². The van der Waals surface area contributed by atoms with Crippen LogP contribution in [-0.4, -0.2) is 38.4 Å². The van der Waals surface area contributed by atoms with E-state index in [1.54, 1.807) is 42.5 Å². The van der Waals surface area contributed by atoms with Gasteiger partial charge < -0.3 is 9.30 Å². The van der Waals surface area contributed by atoms with E-state index in [0.717, 1.165) is 15.7 Å². The van der Waals surface area contributed by atoms with Crippen molar-refractivity contribution in [2.24, 2.45) is 0 Å². The minimum absolute atomic E-state index is 0.0440. The van der Waals surface area contributed by atoms with Gasteiger partial charge >= 0.3 is 5.97 Å². The van der Waals surface area contributed by atoms with Gasteiger partial charge in [-0.1, -0.05) is 30.3 Å². The summed E-state index contributed by atoms with van der Waals surface area (Å²) in [6.45, 7) is 7.55. The second kappa shape index (κ2) is 9.87. The number of allylic oxidation sites excluding steroid dienone is 1. The molecule has 3 rings (SSSR count). The van der Waals surface area contributed by atoms with Gasteiger partial charge in [0, 0.05) is 30.5 Å². The summed E-state index contributed by atoms with van der Waals surface area (Å²) < 4.78 is 34.3. The molecule has 0 saturated carbocycles. The lowest BCUT2D eigenvalue weighted by Crippen LogP contribution is -2.26. The predicted octanol–water partition coefficient (Wildman–Crippen LogP) is 4.16. The zero-order valence-electron chi connectivity index (χ0n) is 18.8. The smallest absolute Gasteiger partial charge is 0.338 e. The lowest BCUT2D eigenvalue weighted by molar-refractivity contribution is 0.0474. The molecule has 0 aliphatic carbocycles. The van der Waals surface area contributed by atoms with Gasteiger partial charge in [-0.15, -0.1) is 6.58 Å². The van der Waals surface area contributed by atoms with Crippen molar-refractivity contribution < 1.29 is 22.7 Å². The summed E-state index contributed by atoms with van der Waals surface area (Å²) in [6, 6.07) is 15.9. The van der Waals surface area contributed by atoms with E-state index in [9.17, 15) is 18.0 Å². The highest BCUT2D eigenvalue weighted by molar-refractivity contribution is 7.92. The molecule has 0 amide bonds. The molecule has 8 heteroatoms. The molecule has 0 radical (unpaired) electrons. The Morgan fingerprint density at radius 2 is 1.76 bits per heavy atom. The zero-order chi connectivity index (χ0) is 24.2. The molecule has 0 fully saturated rings. The van der Waals surface area contributed by atoms with E-state index in [4.69, 9.17) is 4.74 Å². The van der Waals surface area contributed by atoms with Crippen LogP contribution in [0.2, 0.25) is 0 Å². The summed E-state index contributed by atoms with van der Waals surface area (Å²) in [6.07, 6.45) is 1.74. The number of hydrogen-bond donors (Lipinski definition) is 0. The van der Waals surface area contributed by atoms with E-state index in [1.165, 1.54) is 31.3 Å². The van der Waals surface area contributed by atoms with Gasteiger partial charge in [0.15, 0.2) is 6.61 Å². The van der Waals surface area contributed by atoms with Crippen molar-refractivity contribution in [3.05, 3.63) is 95.8 Å². The maximum atomic E-state index is 13.0. The predicted molar refractivity (Wildman–Crippen MR) is 127 cm³/mol. The van der Waals surface area contributed by atoms with Crippen molar-refractivity contribution in [2.45, 2.75) is 25.3 Å². The van der Waals surface area contributed by atoms with Crippen LogP contribution >= 0.6 is 0 Å².